The van der Waals surface area contributed by atoms with Gasteiger partial charge < -0.3 is 4.98 Å². The number of hydrogen-bond acceptors (Lipinski definition) is 2. The van der Waals surface area contributed by atoms with Crippen molar-refractivity contribution in [2.24, 2.45) is 0 Å². The third-order valence-electron chi connectivity index (χ3n) is 4.12. The number of hydrogen-bond donors (Lipinski definition) is 1. The van der Waals surface area contributed by atoms with Crippen LogP contribution in [0.3, 0.4) is 0 Å². The number of nitrogens with one attached hydrogen (secondary N) is 1. The summed E-state index contributed by atoms with van der Waals surface area (Å²) in [7, 11) is 0. The molecule has 3 aromatic rings. The number of amides is 2. The highest BCUT2D eigenvalue weighted by molar-refractivity contribution is 6.31. The Labute approximate surface area is 137 Å². The molecule has 0 unspecified atom stereocenters. The van der Waals surface area contributed by atoms with Crippen molar-refractivity contribution in [1.82, 2.24) is 9.88 Å². The van der Waals surface area contributed by atoms with Gasteiger partial charge >= 0.3 is 0 Å². The van der Waals surface area contributed by atoms with Gasteiger partial charge in [-0.2, -0.15) is 0 Å². The molecular formula is C18H13ClN2O2. The SMILES string of the molecule is O=C1c2ccccc2C(=O)N1CCc1cc2cc(Cl)ccc2[nH]1. The zero-order valence-corrected chi connectivity index (χ0v) is 12.9. The fraction of sp³-hybridized carbons (Fsp3) is 0.111. The van der Waals surface area contributed by atoms with Crippen molar-refractivity contribution in [2.75, 3.05) is 6.54 Å². The van der Waals surface area contributed by atoms with E-state index in [4.69, 9.17) is 11.6 Å². The van der Waals surface area contributed by atoms with Gasteiger partial charge in [-0.05, 0) is 36.4 Å². The van der Waals surface area contributed by atoms with Crippen LogP contribution >= 0.6 is 11.6 Å². The minimum absolute atomic E-state index is 0.218. The summed E-state index contributed by atoms with van der Waals surface area (Å²) < 4.78 is 0. The van der Waals surface area contributed by atoms with Gasteiger partial charge in [-0.1, -0.05) is 23.7 Å². The lowest BCUT2D eigenvalue weighted by Gasteiger charge is -2.12. The summed E-state index contributed by atoms with van der Waals surface area (Å²) in [5.41, 5.74) is 2.94. The molecule has 1 aromatic heterocycles. The highest BCUT2D eigenvalue weighted by Crippen LogP contribution is 2.24. The van der Waals surface area contributed by atoms with Crippen LogP contribution in [0.1, 0.15) is 26.4 Å². The fourth-order valence-electron chi connectivity index (χ4n) is 2.97. The quantitative estimate of drug-likeness (QED) is 0.747. The number of nitrogens with zero attached hydrogens (tertiary/aromatic N) is 1. The fourth-order valence-corrected chi connectivity index (χ4v) is 3.15. The largest absolute Gasteiger partial charge is 0.358 e. The zero-order valence-electron chi connectivity index (χ0n) is 12.2. The van der Waals surface area contributed by atoms with Crippen molar-refractivity contribution >= 4 is 34.3 Å². The van der Waals surface area contributed by atoms with Crippen LogP contribution in [0, 0.1) is 0 Å². The van der Waals surface area contributed by atoms with E-state index in [-0.39, 0.29) is 11.8 Å². The first-order chi connectivity index (χ1) is 11.1. The smallest absolute Gasteiger partial charge is 0.261 e. The summed E-state index contributed by atoms with van der Waals surface area (Å²) >= 11 is 5.99. The lowest BCUT2D eigenvalue weighted by molar-refractivity contribution is 0.0656. The number of fused-ring (bicyclic) bond motifs is 2. The van der Waals surface area contributed by atoms with Crippen LogP contribution in [0.4, 0.5) is 0 Å². The Kier molecular flexibility index (Phi) is 3.20. The summed E-state index contributed by atoms with van der Waals surface area (Å²) in [4.78, 5) is 29.2. The molecule has 0 saturated heterocycles. The number of halogens is 1. The second-order valence-corrected chi connectivity index (χ2v) is 6.02. The first-order valence-corrected chi connectivity index (χ1v) is 7.73. The molecule has 0 fully saturated rings. The predicted octanol–water partition coefficient (Wildman–Crippen LogP) is 3.66. The molecule has 1 aliphatic rings. The molecule has 4 rings (SSSR count). The predicted molar refractivity (Wildman–Crippen MR) is 88.8 cm³/mol. The number of aromatic amines is 1. The van der Waals surface area contributed by atoms with Crippen molar-refractivity contribution < 1.29 is 9.59 Å². The Hall–Kier alpha value is -2.59. The standard InChI is InChI=1S/C18H13ClN2O2/c19-12-5-6-16-11(9-12)10-13(20-16)7-8-21-17(22)14-3-1-2-4-15(14)18(21)23/h1-6,9-10,20H,7-8H2. The van der Waals surface area contributed by atoms with Crippen molar-refractivity contribution in [3.05, 3.63) is 70.4 Å². The molecule has 0 aliphatic carbocycles. The topological polar surface area (TPSA) is 53.2 Å². The molecule has 5 heteroatoms. The van der Waals surface area contributed by atoms with E-state index in [0.29, 0.717) is 29.1 Å². The summed E-state index contributed by atoms with van der Waals surface area (Å²) in [5, 5.41) is 1.71. The van der Waals surface area contributed by atoms with Crippen LogP contribution in [0.15, 0.2) is 48.5 Å². The van der Waals surface area contributed by atoms with Crippen molar-refractivity contribution in [2.45, 2.75) is 6.42 Å². The van der Waals surface area contributed by atoms with Gasteiger partial charge in [0.15, 0.2) is 0 Å². The van der Waals surface area contributed by atoms with Crippen LogP contribution in [-0.4, -0.2) is 28.2 Å². The first-order valence-electron chi connectivity index (χ1n) is 7.36. The Bertz CT molecular complexity index is 910. The van der Waals surface area contributed by atoms with E-state index in [2.05, 4.69) is 4.98 Å². The molecule has 0 radical (unpaired) electrons. The van der Waals surface area contributed by atoms with Crippen molar-refractivity contribution in [3.8, 4) is 0 Å². The number of carbonyl (C=O) groups is 2. The Morgan fingerprint density at radius 2 is 1.65 bits per heavy atom. The second-order valence-electron chi connectivity index (χ2n) is 5.58. The van der Waals surface area contributed by atoms with Crippen LogP contribution in [-0.2, 0) is 6.42 Å². The average Bonchev–Trinajstić information content (AvgIpc) is 3.06. The van der Waals surface area contributed by atoms with Gasteiger partial charge in [0.1, 0.15) is 0 Å². The molecule has 1 aliphatic heterocycles. The molecule has 0 atom stereocenters. The van der Waals surface area contributed by atoms with Crippen LogP contribution in [0.25, 0.3) is 10.9 Å². The second kappa shape index (κ2) is 5.25. The van der Waals surface area contributed by atoms with Gasteiger partial charge in [0.05, 0.1) is 11.1 Å². The van der Waals surface area contributed by atoms with Crippen LogP contribution < -0.4 is 0 Å². The third kappa shape index (κ3) is 2.32. The molecule has 23 heavy (non-hydrogen) atoms. The summed E-state index contributed by atoms with van der Waals surface area (Å²) in [5.74, 6) is -0.436. The molecule has 1 N–H and O–H groups in total. The van der Waals surface area contributed by atoms with E-state index in [1.165, 1.54) is 4.90 Å². The molecule has 0 bridgehead atoms. The monoisotopic (exact) mass is 324 g/mol. The molecule has 2 aromatic carbocycles. The average molecular weight is 325 g/mol. The normalized spacial score (nSPS) is 13.9. The number of carbonyl (C=O) groups excluding carboxylic acids is 2. The van der Waals surface area contributed by atoms with E-state index < -0.39 is 0 Å². The molecular weight excluding hydrogens is 312 g/mol. The van der Waals surface area contributed by atoms with Gasteiger partial charge in [0.25, 0.3) is 11.8 Å². The molecule has 2 heterocycles. The third-order valence-corrected chi connectivity index (χ3v) is 4.36. The summed E-state index contributed by atoms with van der Waals surface area (Å²) in [6.07, 6.45) is 0.581. The number of benzene rings is 2. The van der Waals surface area contributed by atoms with Gasteiger partial charge in [-0.25, -0.2) is 0 Å². The number of H-pyrrole nitrogens is 1. The lowest BCUT2D eigenvalue weighted by atomic mass is 10.1. The molecule has 0 spiro atoms. The molecule has 0 saturated carbocycles. The molecule has 2 amide bonds. The van der Waals surface area contributed by atoms with Gasteiger partial charge in [-0.15, -0.1) is 0 Å². The number of imide groups is 1. The van der Waals surface area contributed by atoms with E-state index >= 15 is 0 Å². The highest BCUT2D eigenvalue weighted by Gasteiger charge is 2.34. The van der Waals surface area contributed by atoms with E-state index in [9.17, 15) is 9.59 Å². The van der Waals surface area contributed by atoms with Crippen LogP contribution in [0.2, 0.25) is 5.02 Å². The maximum absolute atomic E-state index is 12.3. The molecule has 4 nitrogen and oxygen atoms in total. The summed E-state index contributed by atoms with van der Waals surface area (Å²) in [6, 6.07) is 14.6. The minimum atomic E-state index is -0.218. The Morgan fingerprint density at radius 3 is 2.35 bits per heavy atom. The molecule has 114 valence electrons. The number of rotatable bonds is 3. The highest BCUT2D eigenvalue weighted by atomic mass is 35.5. The minimum Gasteiger partial charge on any atom is -0.358 e. The van der Waals surface area contributed by atoms with Crippen LogP contribution in [0.5, 0.6) is 0 Å². The van der Waals surface area contributed by atoms with E-state index in [0.717, 1.165) is 16.6 Å². The maximum Gasteiger partial charge on any atom is 0.261 e. The van der Waals surface area contributed by atoms with Crippen molar-refractivity contribution in [1.29, 1.82) is 0 Å². The maximum atomic E-state index is 12.3. The van der Waals surface area contributed by atoms with E-state index in [1.807, 2.05) is 24.3 Å². The Balaban J connectivity index is 1.55. The number of aromatic nitrogens is 1. The summed E-state index contributed by atoms with van der Waals surface area (Å²) in [6.45, 7) is 0.354. The lowest BCUT2D eigenvalue weighted by Crippen LogP contribution is -2.31. The van der Waals surface area contributed by atoms with Gasteiger partial charge in [-0.3, -0.25) is 14.5 Å². The van der Waals surface area contributed by atoms with Gasteiger partial charge in [0, 0.05) is 34.6 Å². The van der Waals surface area contributed by atoms with Gasteiger partial charge in [0.2, 0.25) is 0 Å². The van der Waals surface area contributed by atoms with Crippen molar-refractivity contribution in [3.63, 3.8) is 0 Å². The zero-order chi connectivity index (χ0) is 16.0. The first kappa shape index (κ1) is 14.0. The Morgan fingerprint density at radius 1 is 0.957 bits per heavy atom. The van der Waals surface area contributed by atoms with E-state index in [1.54, 1.807) is 24.3 Å².